The summed E-state index contributed by atoms with van der Waals surface area (Å²) in [4.78, 5) is 4.51. The standard InChI is InChI=1S/C19H15Br2NO2/c1-2-24-19-13(10-14(20)11-16(19)21)7-9-15-8-6-12-4-3-5-17(23)18(12)22-15/h3-11,23H,2H2,1H3/b9-7+. The first-order valence-corrected chi connectivity index (χ1v) is 9.05. The van der Waals surface area contributed by atoms with Gasteiger partial charge >= 0.3 is 0 Å². The van der Waals surface area contributed by atoms with Crippen LogP contribution in [-0.4, -0.2) is 16.7 Å². The van der Waals surface area contributed by atoms with E-state index in [0.717, 1.165) is 31.3 Å². The molecule has 3 rings (SSSR count). The summed E-state index contributed by atoms with van der Waals surface area (Å²) < 4.78 is 7.57. The van der Waals surface area contributed by atoms with Crippen molar-refractivity contribution in [2.24, 2.45) is 0 Å². The predicted octanol–water partition coefficient (Wildman–Crippen LogP) is 6.03. The maximum absolute atomic E-state index is 9.95. The van der Waals surface area contributed by atoms with E-state index in [1.807, 2.05) is 55.5 Å². The molecule has 3 aromatic rings. The van der Waals surface area contributed by atoms with E-state index in [0.29, 0.717) is 12.1 Å². The number of aromatic hydroxyl groups is 1. The Balaban J connectivity index is 2.00. The Labute approximate surface area is 157 Å². The zero-order valence-electron chi connectivity index (χ0n) is 13.0. The molecule has 2 aromatic carbocycles. The lowest BCUT2D eigenvalue weighted by molar-refractivity contribution is 0.337. The largest absolute Gasteiger partial charge is 0.506 e. The minimum atomic E-state index is 0.183. The fraction of sp³-hybridized carbons (Fsp3) is 0.105. The number of ether oxygens (including phenoxy) is 1. The summed E-state index contributed by atoms with van der Waals surface area (Å²) in [6.07, 6.45) is 3.86. The second-order valence-electron chi connectivity index (χ2n) is 5.16. The van der Waals surface area contributed by atoms with Crippen LogP contribution in [0.1, 0.15) is 18.2 Å². The van der Waals surface area contributed by atoms with Gasteiger partial charge < -0.3 is 9.84 Å². The molecule has 0 saturated carbocycles. The summed E-state index contributed by atoms with van der Waals surface area (Å²) in [5.41, 5.74) is 2.31. The number of phenolic OH excluding ortho intramolecular Hbond substituents is 1. The number of halogens is 2. The molecule has 0 aliphatic rings. The van der Waals surface area contributed by atoms with Gasteiger partial charge in [-0.3, -0.25) is 0 Å². The Bertz CT molecular complexity index is 923. The van der Waals surface area contributed by atoms with Gasteiger partial charge in [-0.1, -0.05) is 34.1 Å². The van der Waals surface area contributed by atoms with Crippen molar-refractivity contribution in [3.63, 3.8) is 0 Å². The van der Waals surface area contributed by atoms with E-state index in [1.54, 1.807) is 6.07 Å². The van der Waals surface area contributed by atoms with Gasteiger partial charge in [0.1, 0.15) is 17.0 Å². The fourth-order valence-electron chi connectivity index (χ4n) is 2.42. The first kappa shape index (κ1) is 17.0. The van der Waals surface area contributed by atoms with E-state index in [1.165, 1.54) is 0 Å². The number of phenols is 1. The summed E-state index contributed by atoms with van der Waals surface area (Å²) in [6, 6.07) is 13.2. The minimum Gasteiger partial charge on any atom is -0.506 e. The fourth-order valence-corrected chi connectivity index (χ4v) is 3.79. The SMILES string of the molecule is CCOc1c(Br)cc(Br)cc1/C=C/c1ccc2cccc(O)c2n1. The van der Waals surface area contributed by atoms with Gasteiger partial charge in [-0.05, 0) is 59.3 Å². The molecule has 0 bridgehead atoms. The molecule has 0 unspecified atom stereocenters. The molecule has 0 spiro atoms. The summed E-state index contributed by atoms with van der Waals surface area (Å²) >= 11 is 7.03. The summed E-state index contributed by atoms with van der Waals surface area (Å²) in [5, 5.41) is 10.9. The molecule has 1 heterocycles. The quantitative estimate of drug-likeness (QED) is 0.529. The van der Waals surface area contributed by atoms with Gasteiger partial charge in [0.25, 0.3) is 0 Å². The number of fused-ring (bicyclic) bond motifs is 1. The molecule has 0 fully saturated rings. The van der Waals surface area contributed by atoms with Crippen molar-refractivity contribution in [1.29, 1.82) is 0 Å². The van der Waals surface area contributed by atoms with Gasteiger partial charge in [0.15, 0.2) is 0 Å². The van der Waals surface area contributed by atoms with Crippen molar-refractivity contribution in [2.45, 2.75) is 6.92 Å². The van der Waals surface area contributed by atoms with Crippen molar-refractivity contribution in [3.05, 3.63) is 62.7 Å². The van der Waals surface area contributed by atoms with E-state index in [-0.39, 0.29) is 5.75 Å². The highest BCUT2D eigenvalue weighted by molar-refractivity contribution is 9.11. The van der Waals surface area contributed by atoms with Crippen molar-refractivity contribution in [3.8, 4) is 11.5 Å². The average molecular weight is 449 g/mol. The van der Waals surface area contributed by atoms with Crippen LogP contribution in [0.3, 0.4) is 0 Å². The minimum absolute atomic E-state index is 0.183. The molecule has 3 nitrogen and oxygen atoms in total. The number of pyridine rings is 1. The van der Waals surface area contributed by atoms with Gasteiger partial charge in [-0.2, -0.15) is 0 Å². The average Bonchev–Trinajstić information content (AvgIpc) is 2.56. The van der Waals surface area contributed by atoms with Crippen molar-refractivity contribution in [2.75, 3.05) is 6.61 Å². The topological polar surface area (TPSA) is 42.4 Å². The van der Waals surface area contributed by atoms with Crippen LogP contribution in [0.25, 0.3) is 23.1 Å². The zero-order chi connectivity index (χ0) is 17.1. The monoisotopic (exact) mass is 447 g/mol. The van der Waals surface area contributed by atoms with Crippen LogP contribution in [0.4, 0.5) is 0 Å². The molecule has 122 valence electrons. The summed E-state index contributed by atoms with van der Waals surface area (Å²) in [6.45, 7) is 2.54. The maximum atomic E-state index is 9.95. The Morgan fingerprint density at radius 1 is 1.12 bits per heavy atom. The lowest BCUT2D eigenvalue weighted by Gasteiger charge is -2.10. The predicted molar refractivity (Wildman–Crippen MR) is 105 cm³/mol. The number of rotatable bonds is 4. The third-order valence-electron chi connectivity index (χ3n) is 3.48. The third-order valence-corrected chi connectivity index (χ3v) is 4.53. The summed E-state index contributed by atoms with van der Waals surface area (Å²) in [5.74, 6) is 0.976. The van der Waals surface area contributed by atoms with Crippen molar-refractivity contribution in [1.82, 2.24) is 4.98 Å². The molecule has 0 amide bonds. The summed E-state index contributed by atoms with van der Waals surface area (Å²) in [7, 11) is 0. The van der Waals surface area contributed by atoms with Crippen LogP contribution in [0.2, 0.25) is 0 Å². The second kappa shape index (κ2) is 7.36. The molecule has 24 heavy (non-hydrogen) atoms. The lowest BCUT2D eigenvalue weighted by Crippen LogP contribution is -1.95. The zero-order valence-corrected chi connectivity index (χ0v) is 16.1. The van der Waals surface area contributed by atoms with Crippen LogP contribution in [0, 0.1) is 0 Å². The highest BCUT2D eigenvalue weighted by Crippen LogP contribution is 2.34. The first-order valence-electron chi connectivity index (χ1n) is 7.47. The van der Waals surface area contributed by atoms with Crippen LogP contribution in [0.15, 0.2) is 51.4 Å². The van der Waals surface area contributed by atoms with Gasteiger partial charge in [0, 0.05) is 15.4 Å². The van der Waals surface area contributed by atoms with Crippen LogP contribution in [0.5, 0.6) is 11.5 Å². The van der Waals surface area contributed by atoms with Crippen LogP contribution in [-0.2, 0) is 0 Å². The van der Waals surface area contributed by atoms with Gasteiger partial charge in [0.05, 0.1) is 16.8 Å². The molecule has 0 aliphatic carbocycles. The first-order chi connectivity index (χ1) is 11.6. The highest BCUT2D eigenvalue weighted by atomic mass is 79.9. The van der Waals surface area contributed by atoms with E-state index in [9.17, 15) is 5.11 Å². The smallest absolute Gasteiger partial charge is 0.141 e. The molecule has 0 saturated heterocycles. The number of hydrogen-bond donors (Lipinski definition) is 1. The number of hydrogen-bond acceptors (Lipinski definition) is 3. The number of aromatic nitrogens is 1. The van der Waals surface area contributed by atoms with E-state index < -0.39 is 0 Å². The molecule has 0 radical (unpaired) electrons. The third kappa shape index (κ3) is 3.62. The molecular formula is C19H15Br2NO2. The van der Waals surface area contributed by atoms with Crippen LogP contribution < -0.4 is 4.74 Å². The second-order valence-corrected chi connectivity index (χ2v) is 6.93. The van der Waals surface area contributed by atoms with E-state index in [2.05, 4.69) is 36.8 Å². The van der Waals surface area contributed by atoms with Gasteiger partial charge in [0.2, 0.25) is 0 Å². The van der Waals surface area contributed by atoms with E-state index >= 15 is 0 Å². The molecule has 0 atom stereocenters. The Morgan fingerprint density at radius 2 is 1.96 bits per heavy atom. The van der Waals surface area contributed by atoms with Crippen molar-refractivity contribution < 1.29 is 9.84 Å². The lowest BCUT2D eigenvalue weighted by atomic mass is 10.1. The molecule has 5 heteroatoms. The maximum Gasteiger partial charge on any atom is 0.141 e. The van der Waals surface area contributed by atoms with Gasteiger partial charge in [-0.25, -0.2) is 4.98 Å². The van der Waals surface area contributed by atoms with Crippen molar-refractivity contribution >= 4 is 54.9 Å². The van der Waals surface area contributed by atoms with Gasteiger partial charge in [-0.15, -0.1) is 0 Å². The molecular weight excluding hydrogens is 434 g/mol. The molecule has 0 aliphatic heterocycles. The number of para-hydroxylation sites is 1. The van der Waals surface area contributed by atoms with E-state index in [4.69, 9.17) is 4.74 Å². The normalized spacial score (nSPS) is 11.3. The molecule has 1 N–H and O–H groups in total. The Morgan fingerprint density at radius 3 is 2.75 bits per heavy atom. The number of benzene rings is 2. The Kier molecular flexibility index (Phi) is 5.21. The highest BCUT2D eigenvalue weighted by Gasteiger charge is 2.08. The Hall–Kier alpha value is -1.85. The molecule has 1 aromatic heterocycles. The van der Waals surface area contributed by atoms with Crippen LogP contribution >= 0.6 is 31.9 Å². The number of nitrogens with zero attached hydrogens (tertiary/aromatic N) is 1.